The number of hydrogen-bond acceptors (Lipinski definition) is 2. The van der Waals surface area contributed by atoms with Crippen LogP contribution in [0.4, 0.5) is 0 Å². The van der Waals surface area contributed by atoms with Crippen molar-refractivity contribution < 1.29 is 0 Å². The van der Waals surface area contributed by atoms with Crippen molar-refractivity contribution in [3.8, 4) is 6.07 Å². The second-order valence-corrected chi connectivity index (χ2v) is 2.62. The zero-order chi connectivity index (χ0) is 8.10. The van der Waals surface area contributed by atoms with Crippen molar-refractivity contribution in [1.82, 2.24) is 0 Å². The molecule has 0 heterocycles. The van der Waals surface area contributed by atoms with E-state index < -0.39 is 0 Å². The lowest BCUT2D eigenvalue weighted by atomic mass is 9.93. The van der Waals surface area contributed by atoms with Gasteiger partial charge in [0, 0.05) is 11.8 Å². The number of hydrogen-bond donors (Lipinski definition) is 1. The van der Waals surface area contributed by atoms with Crippen LogP contribution >= 0.6 is 0 Å². The highest BCUT2D eigenvalue weighted by Gasteiger charge is 2.08. The molecule has 0 spiro atoms. The Bertz CT molecular complexity index is 243. The van der Waals surface area contributed by atoms with Gasteiger partial charge in [0.05, 0.1) is 6.07 Å². The van der Waals surface area contributed by atoms with Gasteiger partial charge in [0.15, 0.2) is 0 Å². The monoisotopic (exact) mass is 146 g/mol. The standard InChI is InChI=1S/C9H10N2/c10-6-2-4-8-3-1-5-9(11)7-8/h1-2,4-5,8,11H,3,7H2. The third kappa shape index (κ3) is 2.38. The molecule has 0 aliphatic heterocycles. The van der Waals surface area contributed by atoms with E-state index in [9.17, 15) is 0 Å². The second kappa shape index (κ2) is 3.72. The van der Waals surface area contributed by atoms with E-state index >= 15 is 0 Å². The predicted molar refractivity (Wildman–Crippen MR) is 44.3 cm³/mol. The Kier molecular flexibility index (Phi) is 2.62. The van der Waals surface area contributed by atoms with Crippen LogP contribution in [0.25, 0.3) is 0 Å². The maximum absolute atomic E-state index is 8.25. The summed E-state index contributed by atoms with van der Waals surface area (Å²) in [4.78, 5) is 0. The van der Waals surface area contributed by atoms with Crippen molar-refractivity contribution >= 4 is 5.71 Å². The van der Waals surface area contributed by atoms with Crippen molar-refractivity contribution in [3.63, 3.8) is 0 Å². The van der Waals surface area contributed by atoms with Gasteiger partial charge in [-0.25, -0.2) is 0 Å². The quantitative estimate of drug-likeness (QED) is 0.565. The van der Waals surface area contributed by atoms with Crippen molar-refractivity contribution in [2.75, 3.05) is 0 Å². The van der Waals surface area contributed by atoms with Gasteiger partial charge in [-0.2, -0.15) is 5.26 Å². The number of nitriles is 1. The van der Waals surface area contributed by atoms with Gasteiger partial charge in [0.2, 0.25) is 0 Å². The first kappa shape index (κ1) is 7.74. The fourth-order valence-corrected chi connectivity index (χ4v) is 1.14. The molecule has 0 saturated heterocycles. The zero-order valence-electron chi connectivity index (χ0n) is 6.25. The molecule has 2 heteroatoms. The molecule has 0 aromatic carbocycles. The molecule has 56 valence electrons. The first-order valence-corrected chi connectivity index (χ1v) is 3.63. The van der Waals surface area contributed by atoms with Crippen LogP contribution in [0.15, 0.2) is 24.3 Å². The summed E-state index contributed by atoms with van der Waals surface area (Å²) in [5.74, 6) is 0.368. The van der Waals surface area contributed by atoms with Crippen LogP contribution in [0.3, 0.4) is 0 Å². The Morgan fingerprint density at radius 1 is 1.73 bits per heavy atom. The number of rotatable bonds is 1. The second-order valence-electron chi connectivity index (χ2n) is 2.62. The van der Waals surface area contributed by atoms with E-state index in [0.717, 1.165) is 12.8 Å². The predicted octanol–water partition coefficient (Wildman–Crippen LogP) is 2.05. The van der Waals surface area contributed by atoms with Gasteiger partial charge in [-0.05, 0) is 24.8 Å². The lowest BCUT2D eigenvalue weighted by Crippen LogP contribution is -2.06. The topological polar surface area (TPSA) is 47.6 Å². The molecule has 1 unspecified atom stereocenters. The molecule has 1 aliphatic carbocycles. The van der Waals surface area contributed by atoms with Gasteiger partial charge in [0.25, 0.3) is 0 Å². The molecule has 2 nitrogen and oxygen atoms in total. The van der Waals surface area contributed by atoms with Crippen LogP contribution in [0.1, 0.15) is 12.8 Å². The van der Waals surface area contributed by atoms with E-state index in [1.54, 1.807) is 0 Å². The molecule has 1 N–H and O–H groups in total. The summed E-state index contributed by atoms with van der Waals surface area (Å²) < 4.78 is 0. The maximum Gasteiger partial charge on any atom is 0.0908 e. The lowest BCUT2D eigenvalue weighted by molar-refractivity contribution is 0.683. The van der Waals surface area contributed by atoms with Crippen molar-refractivity contribution in [1.29, 1.82) is 10.7 Å². The summed E-state index contributed by atoms with van der Waals surface area (Å²) in [6, 6.07) is 1.95. The fourth-order valence-electron chi connectivity index (χ4n) is 1.14. The van der Waals surface area contributed by atoms with Gasteiger partial charge in [-0.15, -0.1) is 0 Å². The molecule has 0 aromatic heterocycles. The Labute approximate surface area is 66.4 Å². The molecule has 1 rings (SSSR count). The fraction of sp³-hybridized carbons (Fsp3) is 0.333. The molecule has 11 heavy (non-hydrogen) atoms. The highest BCUT2D eigenvalue weighted by molar-refractivity contribution is 5.93. The van der Waals surface area contributed by atoms with E-state index in [4.69, 9.17) is 10.7 Å². The van der Waals surface area contributed by atoms with E-state index in [-0.39, 0.29) is 0 Å². The summed E-state index contributed by atoms with van der Waals surface area (Å²) in [6.45, 7) is 0. The molecule has 0 fully saturated rings. The van der Waals surface area contributed by atoms with E-state index in [1.165, 1.54) is 6.08 Å². The van der Waals surface area contributed by atoms with Crippen LogP contribution in [0.2, 0.25) is 0 Å². The van der Waals surface area contributed by atoms with Crippen LogP contribution in [0.5, 0.6) is 0 Å². The van der Waals surface area contributed by atoms with Gasteiger partial charge in [-0.1, -0.05) is 12.2 Å². The average molecular weight is 146 g/mol. The summed E-state index contributed by atoms with van der Waals surface area (Å²) in [5.41, 5.74) is 0.656. The summed E-state index contributed by atoms with van der Waals surface area (Å²) in [7, 11) is 0. The zero-order valence-corrected chi connectivity index (χ0v) is 6.25. The smallest absolute Gasteiger partial charge is 0.0908 e. The Balaban J connectivity index is 2.51. The first-order chi connectivity index (χ1) is 5.33. The molecule has 0 amide bonds. The maximum atomic E-state index is 8.25. The number of nitrogens with zero attached hydrogens (tertiary/aromatic N) is 1. The van der Waals surface area contributed by atoms with Crippen LogP contribution in [-0.2, 0) is 0 Å². The normalized spacial score (nSPS) is 23.9. The minimum atomic E-state index is 0.368. The Hall–Kier alpha value is -1.36. The minimum absolute atomic E-state index is 0.368. The molecule has 0 bridgehead atoms. The van der Waals surface area contributed by atoms with Gasteiger partial charge in [-0.3, -0.25) is 0 Å². The van der Waals surface area contributed by atoms with E-state index in [1.807, 2.05) is 24.3 Å². The Morgan fingerprint density at radius 2 is 2.55 bits per heavy atom. The third-order valence-corrected chi connectivity index (χ3v) is 1.68. The molecular weight excluding hydrogens is 136 g/mol. The number of allylic oxidation sites excluding steroid dienone is 4. The molecule has 0 radical (unpaired) electrons. The largest absolute Gasteiger partial charge is 0.305 e. The van der Waals surface area contributed by atoms with E-state index in [2.05, 4.69) is 0 Å². The molecular formula is C9H10N2. The van der Waals surface area contributed by atoms with Gasteiger partial charge >= 0.3 is 0 Å². The third-order valence-electron chi connectivity index (χ3n) is 1.68. The molecule has 1 atom stereocenters. The SMILES string of the molecule is N#CC=CC1CC=CC(=N)C1. The van der Waals surface area contributed by atoms with Crippen LogP contribution < -0.4 is 0 Å². The summed E-state index contributed by atoms with van der Waals surface area (Å²) in [6.07, 6.45) is 8.92. The molecule has 0 aromatic rings. The van der Waals surface area contributed by atoms with E-state index in [0.29, 0.717) is 11.6 Å². The Morgan fingerprint density at radius 3 is 3.18 bits per heavy atom. The highest BCUT2D eigenvalue weighted by atomic mass is 14.4. The van der Waals surface area contributed by atoms with Crippen molar-refractivity contribution in [3.05, 3.63) is 24.3 Å². The van der Waals surface area contributed by atoms with Gasteiger partial charge < -0.3 is 5.41 Å². The lowest BCUT2D eigenvalue weighted by Gasteiger charge is -2.12. The van der Waals surface area contributed by atoms with Crippen molar-refractivity contribution in [2.45, 2.75) is 12.8 Å². The van der Waals surface area contributed by atoms with Crippen LogP contribution in [-0.4, -0.2) is 5.71 Å². The molecule has 1 aliphatic rings. The van der Waals surface area contributed by atoms with Crippen molar-refractivity contribution in [2.24, 2.45) is 5.92 Å². The average Bonchev–Trinajstić information content (AvgIpc) is 2.01. The van der Waals surface area contributed by atoms with Crippen LogP contribution in [0, 0.1) is 22.7 Å². The minimum Gasteiger partial charge on any atom is -0.305 e. The van der Waals surface area contributed by atoms with Gasteiger partial charge in [0.1, 0.15) is 0 Å². The highest BCUT2D eigenvalue weighted by Crippen LogP contribution is 2.16. The first-order valence-electron chi connectivity index (χ1n) is 3.63. The summed E-state index contributed by atoms with van der Waals surface area (Å²) >= 11 is 0. The molecule has 0 saturated carbocycles. The number of nitrogens with one attached hydrogen (secondary N) is 1. The summed E-state index contributed by atoms with van der Waals surface area (Å²) in [5, 5.41) is 15.6.